The van der Waals surface area contributed by atoms with Crippen LogP contribution in [0, 0.1) is 0 Å². The fraction of sp³-hybridized carbons (Fsp3) is 0.200. The Kier molecular flexibility index (Phi) is 9.16. The number of nitrogens with one attached hydrogen (secondary N) is 1. The van der Waals surface area contributed by atoms with E-state index in [9.17, 15) is 13.2 Å². The van der Waals surface area contributed by atoms with Gasteiger partial charge in [-0.2, -0.15) is 5.10 Å². The summed E-state index contributed by atoms with van der Waals surface area (Å²) >= 11 is 1.51. The van der Waals surface area contributed by atoms with Gasteiger partial charge in [-0.05, 0) is 79.4 Å². The lowest BCUT2D eigenvalue weighted by molar-refractivity contribution is -0.119. The van der Waals surface area contributed by atoms with E-state index in [0.717, 1.165) is 14.8 Å². The lowest BCUT2D eigenvalue weighted by atomic mass is 10.2. The first-order valence-corrected chi connectivity index (χ1v) is 13.4. The summed E-state index contributed by atoms with van der Waals surface area (Å²) in [4.78, 5) is 13.7. The number of ether oxygens (including phenoxy) is 2. The molecule has 0 saturated heterocycles. The molecule has 3 rings (SSSR count). The first-order chi connectivity index (χ1) is 16.9. The van der Waals surface area contributed by atoms with Crippen LogP contribution in [0.2, 0.25) is 0 Å². The molecule has 0 heterocycles. The summed E-state index contributed by atoms with van der Waals surface area (Å²) in [7, 11) is -2.47. The van der Waals surface area contributed by atoms with Gasteiger partial charge in [0.05, 0.1) is 30.5 Å². The molecule has 0 bridgehead atoms. The first kappa shape index (κ1) is 26.1. The Bertz CT molecular complexity index is 1260. The number of hydrogen-bond donors (Lipinski definition) is 1. The molecule has 0 aliphatic carbocycles. The van der Waals surface area contributed by atoms with Crippen molar-refractivity contribution >= 4 is 39.6 Å². The number of rotatable bonds is 11. The highest BCUT2D eigenvalue weighted by atomic mass is 32.2. The molecule has 3 aromatic carbocycles. The van der Waals surface area contributed by atoms with E-state index in [0.29, 0.717) is 23.8 Å². The second-order valence-electron chi connectivity index (χ2n) is 7.18. The highest BCUT2D eigenvalue weighted by Gasteiger charge is 2.27. The highest BCUT2D eigenvalue weighted by molar-refractivity contribution is 7.98. The number of nitrogens with zero attached hydrogens (tertiary/aromatic N) is 2. The van der Waals surface area contributed by atoms with Gasteiger partial charge < -0.3 is 9.47 Å². The number of amides is 1. The van der Waals surface area contributed by atoms with Gasteiger partial charge in [0.15, 0.2) is 0 Å². The fourth-order valence-electron chi connectivity index (χ4n) is 3.13. The molecular weight excluding hydrogens is 486 g/mol. The van der Waals surface area contributed by atoms with E-state index in [-0.39, 0.29) is 4.90 Å². The maximum Gasteiger partial charge on any atom is 0.264 e. The maximum absolute atomic E-state index is 13.5. The molecule has 0 radical (unpaired) electrons. The maximum atomic E-state index is 13.5. The Morgan fingerprint density at radius 3 is 2.40 bits per heavy atom. The molecule has 1 amide bonds. The van der Waals surface area contributed by atoms with Crippen molar-refractivity contribution < 1.29 is 22.7 Å². The minimum atomic E-state index is -4.03. The third kappa shape index (κ3) is 7.00. The number of hydrogen-bond acceptors (Lipinski definition) is 7. The Hall–Kier alpha value is -3.50. The molecule has 1 N–H and O–H groups in total. The summed E-state index contributed by atoms with van der Waals surface area (Å²) in [5.41, 5.74) is 3.44. The van der Waals surface area contributed by atoms with Crippen molar-refractivity contribution in [3.63, 3.8) is 0 Å². The largest absolute Gasteiger partial charge is 0.497 e. The summed E-state index contributed by atoms with van der Waals surface area (Å²) in [6.07, 6.45) is 3.36. The minimum Gasteiger partial charge on any atom is -0.497 e. The Labute approximate surface area is 210 Å². The van der Waals surface area contributed by atoms with E-state index in [4.69, 9.17) is 9.47 Å². The number of benzene rings is 3. The summed E-state index contributed by atoms with van der Waals surface area (Å²) < 4.78 is 38.7. The Morgan fingerprint density at radius 1 is 1.06 bits per heavy atom. The summed E-state index contributed by atoms with van der Waals surface area (Å²) in [5, 5.41) is 3.96. The fourth-order valence-corrected chi connectivity index (χ4v) is 4.96. The molecule has 0 saturated carbocycles. The van der Waals surface area contributed by atoms with Gasteiger partial charge in [-0.25, -0.2) is 13.8 Å². The van der Waals surface area contributed by atoms with E-state index in [2.05, 4.69) is 10.5 Å². The number of carbonyl (C=O) groups excluding carboxylic acids is 1. The van der Waals surface area contributed by atoms with Crippen LogP contribution < -0.4 is 19.2 Å². The average molecular weight is 514 g/mol. The molecule has 0 unspecified atom stereocenters. The highest BCUT2D eigenvalue weighted by Crippen LogP contribution is 2.27. The number of carbonyl (C=O) groups is 1. The molecule has 184 valence electrons. The molecule has 0 aliphatic heterocycles. The number of sulfonamides is 1. The minimum absolute atomic E-state index is 0.0804. The molecule has 0 spiro atoms. The standard InChI is InChI=1S/C25H27N3O5S2/c1-4-33-21-10-8-20(9-11-21)28(35(30,31)24-14-12-23(34-3)13-15-24)18-25(29)27-26-17-19-6-5-7-22(16-19)32-2/h5-17H,4,18H2,1-3H3,(H,27,29)/b26-17-. The quantitative estimate of drug-likeness (QED) is 0.235. The predicted molar refractivity (Wildman–Crippen MR) is 139 cm³/mol. The lowest BCUT2D eigenvalue weighted by Gasteiger charge is -2.24. The van der Waals surface area contributed by atoms with Crippen LogP contribution in [0.5, 0.6) is 11.5 Å². The zero-order valence-electron chi connectivity index (χ0n) is 19.7. The summed E-state index contributed by atoms with van der Waals surface area (Å²) in [6.45, 7) is 1.88. The second kappa shape index (κ2) is 12.3. The van der Waals surface area contributed by atoms with Gasteiger partial charge in [-0.1, -0.05) is 12.1 Å². The zero-order chi connectivity index (χ0) is 25.3. The van der Waals surface area contributed by atoms with Gasteiger partial charge in [0.25, 0.3) is 15.9 Å². The van der Waals surface area contributed by atoms with E-state index in [1.165, 1.54) is 30.1 Å². The number of hydrazone groups is 1. The van der Waals surface area contributed by atoms with E-state index in [1.54, 1.807) is 67.8 Å². The smallest absolute Gasteiger partial charge is 0.264 e. The molecule has 8 nitrogen and oxygen atoms in total. The lowest BCUT2D eigenvalue weighted by Crippen LogP contribution is -2.39. The molecule has 35 heavy (non-hydrogen) atoms. The van der Waals surface area contributed by atoms with Crippen molar-refractivity contribution in [3.05, 3.63) is 78.4 Å². The number of anilines is 1. The normalized spacial score (nSPS) is 11.3. The van der Waals surface area contributed by atoms with Crippen molar-refractivity contribution in [2.24, 2.45) is 5.10 Å². The number of methoxy groups -OCH3 is 1. The van der Waals surface area contributed by atoms with Gasteiger partial charge in [-0.15, -0.1) is 11.8 Å². The molecular formula is C25H27N3O5S2. The van der Waals surface area contributed by atoms with Crippen molar-refractivity contribution in [1.29, 1.82) is 0 Å². The van der Waals surface area contributed by atoms with Crippen LogP contribution in [0.4, 0.5) is 5.69 Å². The monoisotopic (exact) mass is 513 g/mol. The van der Waals surface area contributed by atoms with Crippen LogP contribution >= 0.6 is 11.8 Å². The molecule has 10 heteroatoms. The third-order valence-corrected chi connectivity index (χ3v) is 7.40. The third-order valence-electron chi connectivity index (χ3n) is 4.87. The van der Waals surface area contributed by atoms with Crippen molar-refractivity contribution in [2.45, 2.75) is 16.7 Å². The summed E-state index contributed by atoms with van der Waals surface area (Å²) in [5.74, 6) is 0.660. The first-order valence-electron chi connectivity index (χ1n) is 10.7. The zero-order valence-corrected chi connectivity index (χ0v) is 21.3. The van der Waals surface area contributed by atoms with E-state index >= 15 is 0 Å². The Morgan fingerprint density at radius 2 is 1.77 bits per heavy atom. The topological polar surface area (TPSA) is 97.3 Å². The van der Waals surface area contributed by atoms with Gasteiger partial charge in [0, 0.05) is 4.90 Å². The second-order valence-corrected chi connectivity index (χ2v) is 9.93. The van der Waals surface area contributed by atoms with Gasteiger partial charge in [0.2, 0.25) is 0 Å². The average Bonchev–Trinajstić information content (AvgIpc) is 2.88. The van der Waals surface area contributed by atoms with Crippen LogP contribution in [-0.4, -0.2) is 47.1 Å². The van der Waals surface area contributed by atoms with Gasteiger partial charge in [0.1, 0.15) is 18.0 Å². The predicted octanol–water partition coefficient (Wildman–Crippen LogP) is 4.16. The van der Waals surface area contributed by atoms with E-state index in [1.807, 2.05) is 13.2 Å². The summed E-state index contributed by atoms with van der Waals surface area (Å²) in [6, 6.07) is 20.2. The molecule has 0 aliphatic rings. The van der Waals surface area contributed by atoms with Crippen molar-refractivity contribution in [2.75, 3.05) is 30.8 Å². The molecule has 0 atom stereocenters. The molecule has 0 fully saturated rings. The van der Waals surface area contributed by atoms with Gasteiger partial charge in [-0.3, -0.25) is 9.10 Å². The molecule has 3 aromatic rings. The van der Waals surface area contributed by atoms with Crippen molar-refractivity contribution in [3.8, 4) is 11.5 Å². The van der Waals surface area contributed by atoms with Crippen LogP contribution in [0.1, 0.15) is 12.5 Å². The van der Waals surface area contributed by atoms with Crippen LogP contribution in [0.3, 0.4) is 0 Å². The van der Waals surface area contributed by atoms with Crippen molar-refractivity contribution in [1.82, 2.24) is 5.43 Å². The molecule has 0 aromatic heterocycles. The van der Waals surface area contributed by atoms with Crippen LogP contribution in [0.15, 0.2) is 87.7 Å². The van der Waals surface area contributed by atoms with Gasteiger partial charge >= 0.3 is 0 Å². The SMILES string of the molecule is CCOc1ccc(N(CC(=O)N/N=C\c2cccc(OC)c2)S(=O)(=O)c2ccc(SC)cc2)cc1. The Balaban J connectivity index is 1.84. The van der Waals surface area contributed by atoms with Crippen LogP contribution in [-0.2, 0) is 14.8 Å². The van der Waals surface area contributed by atoms with Crippen LogP contribution in [0.25, 0.3) is 0 Å². The van der Waals surface area contributed by atoms with E-state index < -0.39 is 22.5 Å². The number of thioether (sulfide) groups is 1.